The number of nitrogens with zero attached hydrogens (tertiary/aromatic N) is 1. The Labute approximate surface area is 148 Å². The van der Waals surface area contributed by atoms with Crippen LogP contribution in [0.5, 0.6) is 0 Å². The average molecular weight is 376 g/mol. The Morgan fingerprint density at radius 2 is 1.76 bits per heavy atom. The minimum atomic E-state index is -3.51. The minimum absolute atomic E-state index is 0.235. The molecule has 1 aromatic rings. The highest BCUT2D eigenvalue weighted by atomic mass is 32.2. The van der Waals surface area contributed by atoms with Crippen molar-refractivity contribution in [3.8, 4) is 0 Å². The molecule has 0 aliphatic carbocycles. The molecule has 1 saturated heterocycles. The zero-order valence-electron chi connectivity index (χ0n) is 14.8. The summed E-state index contributed by atoms with van der Waals surface area (Å²) in [5.41, 5.74) is -0.294. The minimum Gasteiger partial charge on any atom is -0.379 e. The highest BCUT2D eigenvalue weighted by Gasteiger charge is 2.35. The van der Waals surface area contributed by atoms with Gasteiger partial charge in [0.1, 0.15) is 0 Å². The second-order valence-electron chi connectivity index (χ2n) is 6.89. The van der Waals surface area contributed by atoms with E-state index in [9.17, 15) is 17.2 Å². The number of hydrogen-bond acceptors (Lipinski definition) is 4. The fraction of sp³-hybridized carbons (Fsp3) is 0.647. The zero-order chi connectivity index (χ0) is 18.7. The van der Waals surface area contributed by atoms with Gasteiger partial charge < -0.3 is 10.1 Å². The van der Waals surface area contributed by atoms with Gasteiger partial charge in [-0.3, -0.25) is 0 Å². The molecule has 1 fully saturated rings. The molecule has 1 atom stereocenters. The van der Waals surface area contributed by atoms with Crippen LogP contribution < -0.4 is 5.32 Å². The first-order chi connectivity index (χ1) is 11.7. The second kappa shape index (κ2) is 8.07. The first kappa shape index (κ1) is 20.2. The Kier molecular flexibility index (Phi) is 6.53. The predicted octanol–water partition coefficient (Wildman–Crippen LogP) is 2.48. The standard InChI is InChI=1S/C17H26F2N2O3S/c1-13(17(2,3)16(18)19)20-12-14-4-6-15(7-5-14)25(22,23)21-8-10-24-11-9-21/h4-7,13,16,20H,8-12H2,1-3H3. The van der Waals surface area contributed by atoms with E-state index in [1.54, 1.807) is 31.2 Å². The van der Waals surface area contributed by atoms with E-state index in [1.807, 2.05) is 0 Å². The number of hydrogen-bond donors (Lipinski definition) is 1. The van der Waals surface area contributed by atoms with Gasteiger partial charge in [0.15, 0.2) is 0 Å². The molecule has 0 amide bonds. The van der Waals surface area contributed by atoms with Gasteiger partial charge in [-0.1, -0.05) is 26.0 Å². The van der Waals surface area contributed by atoms with Gasteiger partial charge in [-0.05, 0) is 24.6 Å². The molecule has 8 heteroatoms. The summed E-state index contributed by atoms with van der Waals surface area (Å²) < 4.78 is 57.7. The summed E-state index contributed by atoms with van der Waals surface area (Å²) in [5, 5.41) is 3.09. The maximum Gasteiger partial charge on any atom is 0.245 e. The summed E-state index contributed by atoms with van der Waals surface area (Å²) in [5.74, 6) is 0. The van der Waals surface area contributed by atoms with Gasteiger partial charge in [-0.2, -0.15) is 4.31 Å². The fourth-order valence-electron chi connectivity index (χ4n) is 2.44. The highest BCUT2D eigenvalue weighted by Crippen LogP contribution is 2.29. The van der Waals surface area contributed by atoms with Crippen molar-refractivity contribution in [2.75, 3.05) is 26.3 Å². The van der Waals surface area contributed by atoms with Crippen LogP contribution in [0.4, 0.5) is 8.78 Å². The molecule has 25 heavy (non-hydrogen) atoms. The first-order valence-electron chi connectivity index (χ1n) is 8.34. The molecule has 1 aliphatic rings. The van der Waals surface area contributed by atoms with Crippen LogP contribution in [0.1, 0.15) is 26.3 Å². The molecule has 0 saturated carbocycles. The van der Waals surface area contributed by atoms with Gasteiger partial charge in [0.05, 0.1) is 18.1 Å². The van der Waals surface area contributed by atoms with Gasteiger partial charge >= 0.3 is 0 Å². The summed E-state index contributed by atoms with van der Waals surface area (Å²) in [7, 11) is -3.51. The van der Waals surface area contributed by atoms with Crippen molar-refractivity contribution >= 4 is 10.0 Å². The molecule has 0 spiro atoms. The van der Waals surface area contributed by atoms with E-state index in [4.69, 9.17) is 4.74 Å². The molecule has 0 aromatic heterocycles. The van der Waals surface area contributed by atoms with Gasteiger partial charge in [-0.25, -0.2) is 17.2 Å². The van der Waals surface area contributed by atoms with E-state index in [-0.39, 0.29) is 10.9 Å². The van der Waals surface area contributed by atoms with Crippen molar-refractivity contribution in [2.24, 2.45) is 5.41 Å². The molecule has 1 unspecified atom stereocenters. The van der Waals surface area contributed by atoms with Crippen LogP contribution >= 0.6 is 0 Å². The lowest BCUT2D eigenvalue weighted by Crippen LogP contribution is -2.43. The lowest BCUT2D eigenvalue weighted by molar-refractivity contribution is -0.00260. The van der Waals surface area contributed by atoms with Crippen molar-refractivity contribution in [1.82, 2.24) is 9.62 Å². The SMILES string of the molecule is CC(NCc1ccc(S(=O)(=O)N2CCOCC2)cc1)C(C)(C)C(F)F. The van der Waals surface area contributed by atoms with Crippen molar-refractivity contribution in [2.45, 2.75) is 44.7 Å². The molecular weight excluding hydrogens is 350 g/mol. The van der Waals surface area contributed by atoms with Crippen LogP contribution in [0.25, 0.3) is 0 Å². The van der Waals surface area contributed by atoms with E-state index in [1.165, 1.54) is 18.2 Å². The maximum atomic E-state index is 13.0. The molecule has 1 N–H and O–H groups in total. The molecule has 0 bridgehead atoms. The van der Waals surface area contributed by atoms with Gasteiger partial charge in [0.25, 0.3) is 0 Å². The van der Waals surface area contributed by atoms with Crippen LogP contribution in [0.15, 0.2) is 29.2 Å². The third-order valence-corrected chi connectivity index (χ3v) is 6.73. The van der Waals surface area contributed by atoms with Crippen molar-refractivity contribution in [3.05, 3.63) is 29.8 Å². The number of halogens is 2. The Hall–Kier alpha value is -1.09. The lowest BCUT2D eigenvalue weighted by Gasteiger charge is -2.31. The predicted molar refractivity (Wildman–Crippen MR) is 92.1 cm³/mol. The van der Waals surface area contributed by atoms with Crippen LogP contribution in [0.3, 0.4) is 0 Å². The molecule has 1 aromatic carbocycles. The smallest absolute Gasteiger partial charge is 0.245 e. The van der Waals surface area contributed by atoms with Gasteiger partial charge in [0, 0.05) is 31.1 Å². The topological polar surface area (TPSA) is 58.6 Å². The molecular formula is C17H26F2N2O3S. The zero-order valence-corrected chi connectivity index (χ0v) is 15.7. The monoisotopic (exact) mass is 376 g/mol. The third-order valence-electron chi connectivity index (χ3n) is 4.82. The van der Waals surface area contributed by atoms with Gasteiger partial charge in [-0.15, -0.1) is 0 Å². The normalized spacial score (nSPS) is 18.5. The summed E-state index contributed by atoms with van der Waals surface area (Å²) in [6.45, 7) is 6.68. The highest BCUT2D eigenvalue weighted by molar-refractivity contribution is 7.89. The molecule has 1 aliphatic heterocycles. The number of rotatable bonds is 7. The summed E-state index contributed by atoms with van der Waals surface area (Å²) in [6.07, 6.45) is -2.42. The van der Waals surface area contributed by atoms with Gasteiger partial charge in [0.2, 0.25) is 16.4 Å². The molecule has 1 heterocycles. The number of ether oxygens (including phenoxy) is 1. The maximum absolute atomic E-state index is 13.0. The van der Waals surface area contributed by atoms with E-state index in [2.05, 4.69) is 5.32 Å². The van der Waals surface area contributed by atoms with Crippen molar-refractivity contribution in [3.63, 3.8) is 0 Å². The van der Waals surface area contributed by atoms with E-state index >= 15 is 0 Å². The number of morpholine rings is 1. The summed E-state index contributed by atoms with van der Waals surface area (Å²) in [6, 6.07) is 6.16. The Morgan fingerprint density at radius 1 is 1.20 bits per heavy atom. The summed E-state index contributed by atoms with van der Waals surface area (Å²) >= 11 is 0. The molecule has 2 rings (SSSR count). The van der Waals surface area contributed by atoms with Crippen LogP contribution in [-0.4, -0.2) is 51.5 Å². The number of benzene rings is 1. The lowest BCUT2D eigenvalue weighted by atomic mass is 9.86. The van der Waals surface area contributed by atoms with E-state index < -0.39 is 21.9 Å². The first-order valence-corrected chi connectivity index (χ1v) is 9.78. The van der Waals surface area contributed by atoms with Crippen LogP contribution in [0.2, 0.25) is 0 Å². The Bertz CT molecular complexity index is 657. The number of alkyl halides is 2. The van der Waals surface area contributed by atoms with E-state index in [0.717, 1.165) is 5.56 Å². The van der Waals surface area contributed by atoms with Crippen molar-refractivity contribution < 1.29 is 21.9 Å². The number of nitrogens with one attached hydrogen (secondary N) is 1. The summed E-state index contributed by atoms with van der Waals surface area (Å²) in [4.78, 5) is 0.235. The van der Waals surface area contributed by atoms with Crippen LogP contribution in [-0.2, 0) is 21.3 Å². The van der Waals surface area contributed by atoms with Crippen molar-refractivity contribution in [1.29, 1.82) is 0 Å². The Balaban J connectivity index is 2.00. The molecule has 142 valence electrons. The Morgan fingerprint density at radius 3 is 2.28 bits per heavy atom. The molecule has 5 nitrogen and oxygen atoms in total. The molecule has 0 radical (unpaired) electrons. The number of sulfonamides is 1. The third kappa shape index (κ3) is 4.75. The van der Waals surface area contributed by atoms with Crippen LogP contribution in [0, 0.1) is 5.41 Å². The largest absolute Gasteiger partial charge is 0.379 e. The second-order valence-corrected chi connectivity index (χ2v) is 8.82. The van der Waals surface area contributed by atoms with E-state index in [0.29, 0.717) is 32.8 Å². The fourth-order valence-corrected chi connectivity index (χ4v) is 3.85. The quantitative estimate of drug-likeness (QED) is 0.794. The average Bonchev–Trinajstić information content (AvgIpc) is 2.60.